The third kappa shape index (κ3) is 4.04. The van der Waals surface area contributed by atoms with Crippen molar-refractivity contribution in [3.05, 3.63) is 58.4 Å². The van der Waals surface area contributed by atoms with Crippen LogP contribution in [-0.2, 0) is 10.3 Å². The van der Waals surface area contributed by atoms with Crippen molar-refractivity contribution in [2.24, 2.45) is 0 Å². The molecule has 2 fully saturated rings. The van der Waals surface area contributed by atoms with Crippen molar-refractivity contribution in [1.29, 1.82) is 0 Å². The van der Waals surface area contributed by atoms with Gasteiger partial charge in [-0.3, -0.25) is 9.78 Å². The van der Waals surface area contributed by atoms with Gasteiger partial charge in [-0.15, -0.1) is 0 Å². The molecule has 2 heterocycles. The summed E-state index contributed by atoms with van der Waals surface area (Å²) < 4.78 is 34.0. The van der Waals surface area contributed by atoms with Crippen molar-refractivity contribution >= 4 is 11.9 Å². The third-order valence-corrected chi connectivity index (χ3v) is 5.82. The molecular formula is C22H24F2N4O3. The van der Waals surface area contributed by atoms with E-state index in [0.29, 0.717) is 0 Å². The van der Waals surface area contributed by atoms with Gasteiger partial charge in [0.15, 0.2) is 0 Å². The van der Waals surface area contributed by atoms with Crippen LogP contribution in [0.4, 0.5) is 13.6 Å². The minimum atomic E-state index is -1.11. The molecule has 164 valence electrons. The Labute approximate surface area is 178 Å². The summed E-state index contributed by atoms with van der Waals surface area (Å²) in [6, 6.07) is 4.30. The summed E-state index contributed by atoms with van der Waals surface area (Å²) in [7, 11) is 1.31. The van der Waals surface area contributed by atoms with Gasteiger partial charge >= 0.3 is 6.03 Å². The maximum Gasteiger partial charge on any atom is 0.316 e. The molecule has 3 amide bonds. The van der Waals surface area contributed by atoms with Crippen LogP contribution < -0.4 is 20.7 Å². The van der Waals surface area contributed by atoms with Gasteiger partial charge in [-0.25, -0.2) is 13.6 Å². The summed E-state index contributed by atoms with van der Waals surface area (Å²) in [6.07, 6.45) is 1.44. The lowest BCUT2D eigenvalue weighted by Gasteiger charge is -2.23. The molecule has 3 N–H and O–H groups in total. The molecule has 1 aliphatic heterocycles. The number of nitrogens with zero attached hydrogens (tertiary/aromatic N) is 1. The molecule has 31 heavy (non-hydrogen) atoms. The fourth-order valence-corrected chi connectivity index (χ4v) is 4.14. The van der Waals surface area contributed by atoms with Crippen molar-refractivity contribution in [3.8, 4) is 5.75 Å². The maximum atomic E-state index is 14.6. The Morgan fingerprint density at radius 3 is 2.45 bits per heavy atom. The molecule has 0 spiro atoms. The van der Waals surface area contributed by atoms with Gasteiger partial charge < -0.3 is 20.7 Å². The second kappa shape index (κ2) is 7.79. The summed E-state index contributed by atoms with van der Waals surface area (Å²) in [5.74, 6) is -3.01. The number of hydrogen-bond donors (Lipinski definition) is 3. The number of urea groups is 1. The average molecular weight is 430 g/mol. The highest BCUT2D eigenvalue weighted by Gasteiger charge is 2.48. The van der Waals surface area contributed by atoms with Crippen LogP contribution in [0.2, 0.25) is 0 Å². The van der Waals surface area contributed by atoms with Crippen LogP contribution >= 0.6 is 0 Å². The van der Waals surface area contributed by atoms with E-state index in [9.17, 15) is 18.4 Å². The predicted molar refractivity (Wildman–Crippen MR) is 109 cm³/mol. The van der Waals surface area contributed by atoms with E-state index < -0.39 is 41.1 Å². The van der Waals surface area contributed by atoms with Crippen LogP contribution in [0.1, 0.15) is 41.3 Å². The number of hydrogen-bond acceptors (Lipinski definition) is 4. The predicted octanol–water partition coefficient (Wildman–Crippen LogP) is 2.56. The molecule has 0 unspecified atom stereocenters. The van der Waals surface area contributed by atoms with Crippen LogP contribution in [0.15, 0.2) is 24.3 Å². The summed E-state index contributed by atoms with van der Waals surface area (Å²) in [6.45, 7) is 3.85. The number of rotatable bonds is 5. The van der Waals surface area contributed by atoms with E-state index in [1.165, 1.54) is 7.11 Å². The number of amides is 3. The number of methoxy groups -OCH3 is 1. The third-order valence-electron chi connectivity index (χ3n) is 5.82. The van der Waals surface area contributed by atoms with Gasteiger partial charge in [-0.05, 0) is 44.4 Å². The number of aryl methyl sites for hydroxylation is 2. The molecule has 1 aromatic heterocycles. The lowest BCUT2D eigenvalue weighted by Crippen LogP contribution is -2.50. The van der Waals surface area contributed by atoms with Gasteiger partial charge in [-0.1, -0.05) is 0 Å². The number of halogens is 2. The molecule has 2 aromatic rings. The molecule has 1 saturated heterocycles. The minimum Gasteiger partial charge on any atom is -0.497 e. The van der Waals surface area contributed by atoms with Gasteiger partial charge in [0.2, 0.25) is 5.91 Å². The summed E-state index contributed by atoms with van der Waals surface area (Å²) in [4.78, 5) is 29.6. The SMILES string of the molecule is COc1cc(F)c([C@@H]2CNC(=O)[C@H]2NC(=O)NC2(c3cc(C)cc(C)n3)CC2)c(F)c1. The lowest BCUT2D eigenvalue weighted by atomic mass is 9.93. The largest absolute Gasteiger partial charge is 0.497 e. The molecule has 2 aliphatic rings. The number of carbonyl (C=O) groups is 2. The van der Waals surface area contributed by atoms with Crippen molar-refractivity contribution < 1.29 is 23.1 Å². The monoisotopic (exact) mass is 430 g/mol. The molecule has 1 aliphatic carbocycles. The Hall–Kier alpha value is -3.23. The van der Waals surface area contributed by atoms with E-state index >= 15 is 0 Å². The topological polar surface area (TPSA) is 92.4 Å². The number of benzene rings is 1. The van der Waals surface area contributed by atoms with Crippen molar-refractivity contribution in [2.45, 2.75) is 44.2 Å². The number of aromatic nitrogens is 1. The zero-order valence-electron chi connectivity index (χ0n) is 17.5. The highest BCUT2D eigenvalue weighted by molar-refractivity contribution is 5.90. The second-order valence-electron chi connectivity index (χ2n) is 8.19. The quantitative estimate of drug-likeness (QED) is 0.680. The first-order valence-corrected chi connectivity index (χ1v) is 10.1. The lowest BCUT2D eigenvalue weighted by molar-refractivity contribution is -0.120. The van der Waals surface area contributed by atoms with Crippen molar-refractivity contribution in [3.63, 3.8) is 0 Å². The zero-order valence-corrected chi connectivity index (χ0v) is 17.5. The molecule has 0 radical (unpaired) electrons. The van der Waals surface area contributed by atoms with Crippen LogP contribution in [0.3, 0.4) is 0 Å². The van der Waals surface area contributed by atoms with Crippen LogP contribution in [-0.4, -0.2) is 36.6 Å². The van der Waals surface area contributed by atoms with Gasteiger partial charge in [0, 0.05) is 35.9 Å². The van der Waals surface area contributed by atoms with E-state index in [4.69, 9.17) is 4.74 Å². The number of pyridine rings is 1. The first kappa shape index (κ1) is 21.0. The highest BCUT2D eigenvalue weighted by atomic mass is 19.1. The van der Waals surface area contributed by atoms with Crippen LogP contribution in [0.25, 0.3) is 0 Å². The van der Waals surface area contributed by atoms with Crippen LogP contribution in [0.5, 0.6) is 5.75 Å². The number of nitrogens with one attached hydrogen (secondary N) is 3. The first-order valence-electron chi connectivity index (χ1n) is 10.1. The van der Waals surface area contributed by atoms with Crippen LogP contribution in [0, 0.1) is 25.5 Å². The Morgan fingerprint density at radius 2 is 1.87 bits per heavy atom. The minimum absolute atomic E-state index is 0.00766. The van der Waals surface area contributed by atoms with Gasteiger partial charge in [0.1, 0.15) is 23.4 Å². The van der Waals surface area contributed by atoms with E-state index in [-0.39, 0.29) is 17.9 Å². The Morgan fingerprint density at radius 1 is 1.19 bits per heavy atom. The normalized spacial score (nSPS) is 21.4. The van der Waals surface area contributed by atoms with E-state index in [0.717, 1.165) is 41.9 Å². The summed E-state index contributed by atoms with van der Waals surface area (Å²) >= 11 is 0. The standard InChI is InChI=1S/C22H24F2N4O3/c1-11-6-12(2)26-17(7-11)22(4-5-22)28-21(30)27-19-14(10-25-20(19)29)18-15(23)8-13(31-3)9-16(18)24/h6-9,14,19H,4-5,10H2,1-3H3,(H,25,29)(H2,27,28,30)/t14-,19-/m0/s1. The molecule has 9 heteroatoms. The highest BCUT2D eigenvalue weighted by Crippen LogP contribution is 2.45. The van der Waals surface area contributed by atoms with Gasteiger partial charge in [0.25, 0.3) is 0 Å². The molecule has 1 saturated carbocycles. The Kier molecular flexibility index (Phi) is 5.28. The average Bonchev–Trinajstić information content (AvgIpc) is 3.39. The molecular weight excluding hydrogens is 406 g/mol. The van der Waals surface area contributed by atoms with Gasteiger partial charge in [-0.2, -0.15) is 0 Å². The zero-order chi connectivity index (χ0) is 22.3. The molecule has 4 rings (SSSR count). The second-order valence-corrected chi connectivity index (χ2v) is 8.19. The molecule has 7 nitrogen and oxygen atoms in total. The molecule has 0 bridgehead atoms. The Bertz CT molecular complexity index is 1010. The smallest absolute Gasteiger partial charge is 0.316 e. The number of ether oxygens (including phenoxy) is 1. The van der Waals surface area contributed by atoms with E-state index in [1.807, 2.05) is 26.0 Å². The van der Waals surface area contributed by atoms with Gasteiger partial charge in [0.05, 0.1) is 18.3 Å². The van der Waals surface area contributed by atoms with E-state index in [1.54, 1.807) is 0 Å². The fourth-order valence-electron chi connectivity index (χ4n) is 4.14. The van der Waals surface area contributed by atoms with Crippen molar-refractivity contribution in [2.75, 3.05) is 13.7 Å². The van der Waals surface area contributed by atoms with E-state index in [2.05, 4.69) is 20.9 Å². The van der Waals surface area contributed by atoms with Crippen molar-refractivity contribution in [1.82, 2.24) is 20.9 Å². The Balaban J connectivity index is 1.53. The first-order chi connectivity index (χ1) is 14.7. The summed E-state index contributed by atoms with van der Waals surface area (Å²) in [5.41, 5.74) is 1.80. The molecule has 2 atom stereocenters. The maximum absolute atomic E-state index is 14.6. The summed E-state index contributed by atoms with van der Waals surface area (Å²) in [5, 5.41) is 8.08. The molecule has 1 aromatic carbocycles. The number of carbonyl (C=O) groups excluding carboxylic acids is 2. The fraction of sp³-hybridized carbons (Fsp3) is 0.409.